The van der Waals surface area contributed by atoms with Crippen molar-refractivity contribution in [2.24, 2.45) is 0 Å². The fourth-order valence-electron chi connectivity index (χ4n) is 1.65. The number of benzene rings is 1. The van der Waals surface area contributed by atoms with Crippen LogP contribution in [0, 0.1) is 0 Å². The minimum Gasteiger partial charge on any atom is -0.462 e. The first-order valence-electron chi connectivity index (χ1n) is 6.57. The molecule has 0 aliphatic rings. The molecule has 1 unspecified atom stereocenters. The molecule has 0 fully saturated rings. The van der Waals surface area contributed by atoms with Gasteiger partial charge in [0, 0.05) is 0 Å². The molecule has 2 nitrogen and oxygen atoms in total. The highest BCUT2D eigenvalue weighted by atomic mass is 32.1. The fourth-order valence-corrected chi connectivity index (χ4v) is 1.87. The van der Waals surface area contributed by atoms with E-state index in [2.05, 4.69) is 26.5 Å². The van der Waals surface area contributed by atoms with Crippen molar-refractivity contribution in [1.82, 2.24) is 0 Å². The molecule has 0 saturated carbocycles. The average Bonchev–Trinajstić information content (AvgIpc) is 2.42. The summed E-state index contributed by atoms with van der Waals surface area (Å²) in [7, 11) is 0. The Morgan fingerprint density at radius 2 is 1.94 bits per heavy atom. The largest absolute Gasteiger partial charge is 0.462 e. The summed E-state index contributed by atoms with van der Waals surface area (Å²) in [4.78, 5) is 11.7. The smallest absolute Gasteiger partial charge is 0.338 e. The van der Waals surface area contributed by atoms with Gasteiger partial charge in [-0.1, -0.05) is 26.0 Å². The van der Waals surface area contributed by atoms with Crippen LogP contribution in [0.3, 0.4) is 0 Å². The van der Waals surface area contributed by atoms with Crippen molar-refractivity contribution in [3.05, 3.63) is 35.4 Å². The van der Waals surface area contributed by atoms with Crippen LogP contribution in [0.25, 0.3) is 0 Å². The number of unbranched alkanes of at least 4 members (excludes halogenated alkanes) is 1. The maximum atomic E-state index is 11.7. The van der Waals surface area contributed by atoms with Gasteiger partial charge >= 0.3 is 5.97 Å². The normalized spacial score (nSPS) is 12.2. The third-order valence-corrected chi connectivity index (χ3v) is 3.43. The lowest BCUT2D eigenvalue weighted by Crippen LogP contribution is -2.06. The van der Waals surface area contributed by atoms with Gasteiger partial charge in [-0.3, -0.25) is 0 Å². The lowest BCUT2D eigenvalue weighted by Gasteiger charge is -2.09. The number of ether oxygens (including phenoxy) is 1. The molecule has 1 rings (SSSR count). The molecule has 1 aromatic carbocycles. The van der Waals surface area contributed by atoms with Gasteiger partial charge in [0.05, 0.1) is 12.2 Å². The molecule has 0 bridgehead atoms. The van der Waals surface area contributed by atoms with Crippen LogP contribution >= 0.6 is 12.6 Å². The minimum atomic E-state index is -0.232. The molecule has 0 spiro atoms. The summed E-state index contributed by atoms with van der Waals surface area (Å²) in [6.45, 7) is 4.82. The van der Waals surface area contributed by atoms with Crippen molar-refractivity contribution < 1.29 is 9.53 Å². The topological polar surface area (TPSA) is 26.3 Å². The number of carbonyl (C=O) groups excluding carboxylic acids is 1. The van der Waals surface area contributed by atoms with Gasteiger partial charge in [-0.25, -0.2) is 4.79 Å². The third kappa shape index (κ3) is 4.73. The van der Waals surface area contributed by atoms with E-state index >= 15 is 0 Å². The highest BCUT2D eigenvalue weighted by Gasteiger charge is 2.08. The van der Waals surface area contributed by atoms with Crippen LogP contribution in [0.15, 0.2) is 24.3 Å². The van der Waals surface area contributed by atoms with Gasteiger partial charge in [0.2, 0.25) is 0 Å². The molecule has 0 aliphatic heterocycles. The average molecular weight is 266 g/mol. The van der Waals surface area contributed by atoms with E-state index < -0.39 is 0 Å². The first kappa shape index (κ1) is 15.1. The van der Waals surface area contributed by atoms with E-state index in [1.54, 1.807) is 0 Å². The SMILES string of the molecule is CCC(C)c1ccc(C(=O)OCCCCS)cc1. The summed E-state index contributed by atoms with van der Waals surface area (Å²) in [6.07, 6.45) is 2.96. The number of thiol groups is 1. The molecule has 0 amide bonds. The molecule has 0 N–H and O–H groups in total. The maximum absolute atomic E-state index is 11.7. The van der Waals surface area contributed by atoms with Gasteiger partial charge in [-0.05, 0) is 48.6 Å². The second-order valence-corrected chi connectivity index (χ2v) is 4.95. The standard InChI is InChI=1S/C15H22O2S/c1-3-12(2)13-6-8-14(9-7-13)15(16)17-10-4-5-11-18/h6-9,12,18H,3-5,10-11H2,1-2H3. The summed E-state index contributed by atoms with van der Waals surface area (Å²) in [5.41, 5.74) is 1.90. The second-order valence-electron chi connectivity index (χ2n) is 4.50. The quantitative estimate of drug-likeness (QED) is 0.457. The molecule has 0 aliphatic carbocycles. The molecule has 18 heavy (non-hydrogen) atoms. The van der Waals surface area contributed by atoms with Crippen LogP contribution in [0.2, 0.25) is 0 Å². The van der Waals surface area contributed by atoms with Gasteiger partial charge in [0.15, 0.2) is 0 Å². The van der Waals surface area contributed by atoms with Crippen LogP contribution in [0.4, 0.5) is 0 Å². The van der Waals surface area contributed by atoms with E-state index in [1.165, 1.54) is 5.56 Å². The summed E-state index contributed by atoms with van der Waals surface area (Å²) < 4.78 is 5.18. The van der Waals surface area contributed by atoms with Crippen molar-refractivity contribution >= 4 is 18.6 Å². The predicted molar refractivity (Wildman–Crippen MR) is 78.5 cm³/mol. The van der Waals surface area contributed by atoms with Crippen molar-refractivity contribution in [2.75, 3.05) is 12.4 Å². The Labute approximate surface area is 115 Å². The molecule has 1 atom stereocenters. The van der Waals surface area contributed by atoms with Crippen molar-refractivity contribution in [1.29, 1.82) is 0 Å². The molecule has 1 aromatic rings. The zero-order valence-electron chi connectivity index (χ0n) is 11.2. The number of hydrogen-bond donors (Lipinski definition) is 1. The van der Waals surface area contributed by atoms with Crippen LogP contribution in [-0.4, -0.2) is 18.3 Å². The monoisotopic (exact) mass is 266 g/mol. The molecule has 0 saturated heterocycles. The van der Waals surface area contributed by atoms with Gasteiger partial charge in [0.1, 0.15) is 0 Å². The zero-order valence-corrected chi connectivity index (χ0v) is 12.1. The second kappa shape index (κ2) is 8.20. The summed E-state index contributed by atoms with van der Waals surface area (Å²) >= 11 is 4.11. The fraction of sp³-hybridized carbons (Fsp3) is 0.533. The zero-order chi connectivity index (χ0) is 13.4. The first-order valence-corrected chi connectivity index (χ1v) is 7.20. The Bertz CT molecular complexity index is 359. The lowest BCUT2D eigenvalue weighted by atomic mass is 9.98. The Hall–Kier alpha value is -0.960. The van der Waals surface area contributed by atoms with Crippen molar-refractivity contribution in [3.8, 4) is 0 Å². The van der Waals surface area contributed by atoms with Crippen LogP contribution in [-0.2, 0) is 4.74 Å². The molecule has 0 aromatic heterocycles. The molecule has 0 radical (unpaired) electrons. The Balaban J connectivity index is 2.49. The van der Waals surface area contributed by atoms with Crippen molar-refractivity contribution in [2.45, 2.75) is 39.0 Å². The molecular formula is C15H22O2S. The van der Waals surface area contributed by atoms with E-state index in [1.807, 2.05) is 24.3 Å². The van der Waals surface area contributed by atoms with Gasteiger partial charge < -0.3 is 4.74 Å². The Kier molecular flexibility index (Phi) is 6.88. The van der Waals surface area contributed by atoms with E-state index in [4.69, 9.17) is 4.74 Å². The number of carbonyl (C=O) groups is 1. The number of hydrogen-bond acceptors (Lipinski definition) is 3. The third-order valence-electron chi connectivity index (χ3n) is 3.11. The lowest BCUT2D eigenvalue weighted by molar-refractivity contribution is 0.0500. The summed E-state index contributed by atoms with van der Waals surface area (Å²) in [5, 5.41) is 0. The predicted octanol–water partition coefficient (Wildman–Crippen LogP) is 4.07. The van der Waals surface area contributed by atoms with Crippen molar-refractivity contribution in [3.63, 3.8) is 0 Å². The first-order chi connectivity index (χ1) is 8.69. The molecule has 0 heterocycles. The van der Waals surface area contributed by atoms with Crippen LogP contribution in [0.1, 0.15) is 54.9 Å². The van der Waals surface area contributed by atoms with Crippen LogP contribution < -0.4 is 0 Å². The molecule has 3 heteroatoms. The van der Waals surface area contributed by atoms with E-state index in [-0.39, 0.29) is 5.97 Å². The Morgan fingerprint density at radius 3 is 2.50 bits per heavy atom. The van der Waals surface area contributed by atoms with Crippen LogP contribution in [0.5, 0.6) is 0 Å². The highest BCUT2D eigenvalue weighted by Crippen LogP contribution is 2.19. The number of esters is 1. The van der Waals surface area contributed by atoms with Gasteiger partial charge in [-0.15, -0.1) is 0 Å². The van der Waals surface area contributed by atoms with E-state index in [9.17, 15) is 4.79 Å². The summed E-state index contributed by atoms with van der Waals surface area (Å²) in [6, 6.07) is 7.72. The number of rotatable bonds is 7. The summed E-state index contributed by atoms with van der Waals surface area (Å²) in [5.74, 6) is 1.14. The molecular weight excluding hydrogens is 244 g/mol. The maximum Gasteiger partial charge on any atom is 0.338 e. The Morgan fingerprint density at radius 1 is 1.28 bits per heavy atom. The van der Waals surface area contributed by atoms with Gasteiger partial charge in [0.25, 0.3) is 0 Å². The van der Waals surface area contributed by atoms with Gasteiger partial charge in [-0.2, -0.15) is 12.6 Å². The van der Waals surface area contributed by atoms with E-state index in [0.717, 1.165) is 25.0 Å². The molecule has 100 valence electrons. The van der Waals surface area contributed by atoms with E-state index in [0.29, 0.717) is 18.1 Å². The minimum absolute atomic E-state index is 0.232. The highest BCUT2D eigenvalue weighted by molar-refractivity contribution is 7.80.